The highest BCUT2D eigenvalue weighted by Gasteiger charge is 2.26. The normalized spacial score (nSPS) is 15.1. The highest BCUT2D eigenvalue weighted by atomic mass is 35.5. The van der Waals surface area contributed by atoms with Crippen molar-refractivity contribution in [1.82, 2.24) is 18.7 Å². The number of aryl methyl sites for hydroxylation is 1. The van der Waals surface area contributed by atoms with Crippen LogP contribution in [0.4, 0.5) is 5.95 Å². The molecule has 4 rings (SSSR count). The van der Waals surface area contributed by atoms with Crippen molar-refractivity contribution >= 4 is 34.5 Å². The largest absolute Gasteiger partial charge is 0.342 e. The molecule has 1 aliphatic rings. The van der Waals surface area contributed by atoms with E-state index < -0.39 is 11.2 Å². The number of Topliss-reactive ketones (excluding diaryl/α,β-unsaturated/α-hetero) is 1. The van der Waals surface area contributed by atoms with Gasteiger partial charge in [-0.2, -0.15) is 4.98 Å². The van der Waals surface area contributed by atoms with Gasteiger partial charge in [0.05, 0.1) is 6.54 Å². The van der Waals surface area contributed by atoms with Gasteiger partial charge in [-0.05, 0) is 43.0 Å². The predicted molar refractivity (Wildman–Crippen MR) is 117 cm³/mol. The van der Waals surface area contributed by atoms with Crippen LogP contribution >= 0.6 is 11.6 Å². The lowest BCUT2D eigenvalue weighted by molar-refractivity contribution is 0.0973. The Morgan fingerprint density at radius 3 is 2.37 bits per heavy atom. The molecule has 30 heavy (non-hydrogen) atoms. The molecule has 0 bridgehead atoms. The summed E-state index contributed by atoms with van der Waals surface area (Å²) in [4.78, 5) is 45.1. The van der Waals surface area contributed by atoms with Gasteiger partial charge in [0.1, 0.15) is 0 Å². The number of fused-ring (bicyclic) bond motifs is 1. The number of piperidine rings is 1. The zero-order valence-corrected chi connectivity index (χ0v) is 18.0. The van der Waals surface area contributed by atoms with E-state index in [9.17, 15) is 14.4 Å². The minimum Gasteiger partial charge on any atom is -0.342 e. The van der Waals surface area contributed by atoms with Crippen LogP contribution in [0.5, 0.6) is 0 Å². The minimum atomic E-state index is -0.457. The summed E-state index contributed by atoms with van der Waals surface area (Å²) in [7, 11) is 3.02. The van der Waals surface area contributed by atoms with Crippen molar-refractivity contribution in [2.75, 3.05) is 18.0 Å². The summed E-state index contributed by atoms with van der Waals surface area (Å²) in [6.07, 6.45) is 2.01. The number of benzene rings is 1. The van der Waals surface area contributed by atoms with Crippen molar-refractivity contribution in [1.29, 1.82) is 0 Å². The number of rotatable bonds is 4. The molecule has 1 aliphatic heterocycles. The van der Waals surface area contributed by atoms with Crippen LogP contribution < -0.4 is 16.1 Å². The molecule has 0 N–H and O–H groups in total. The number of halogens is 1. The number of nitrogens with zero attached hydrogens (tertiary/aromatic N) is 5. The molecule has 2 aromatic heterocycles. The molecule has 0 atom stereocenters. The molecule has 3 aromatic rings. The summed E-state index contributed by atoms with van der Waals surface area (Å²) < 4.78 is 4.06. The fourth-order valence-electron chi connectivity index (χ4n) is 3.91. The Balaban J connectivity index is 1.87. The van der Waals surface area contributed by atoms with Crippen LogP contribution in [0.2, 0.25) is 5.02 Å². The Morgan fingerprint density at radius 1 is 1.10 bits per heavy atom. The van der Waals surface area contributed by atoms with E-state index in [1.54, 1.807) is 35.9 Å². The third-order valence-electron chi connectivity index (χ3n) is 5.86. The van der Waals surface area contributed by atoms with Crippen LogP contribution in [0.1, 0.15) is 30.1 Å². The highest BCUT2D eigenvalue weighted by Crippen LogP contribution is 2.25. The van der Waals surface area contributed by atoms with Crippen LogP contribution in [-0.4, -0.2) is 37.6 Å². The van der Waals surface area contributed by atoms with E-state index in [0.717, 1.165) is 30.5 Å². The Kier molecular flexibility index (Phi) is 5.27. The van der Waals surface area contributed by atoms with Gasteiger partial charge in [-0.15, -0.1) is 0 Å². The molecule has 1 saturated heterocycles. The summed E-state index contributed by atoms with van der Waals surface area (Å²) >= 11 is 5.94. The average Bonchev–Trinajstić information content (AvgIpc) is 3.11. The zero-order valence-electron chi connectivity index (χ0n) is 17.3. The first-order valence-corrected chi connectivity index (χ1v) is 10.4. The third kappa shape index (κ3) is 3.45. The number of carbonyl (C=O) groups is 1. The van der Waals surface area contributed by atoms with Crippen molar-refractivity contribution in [3.05, 3.63) is 55.7 Å². The number of imidazole rings is 1. The molecular weight excluding hydrogens is 406 g/mol. The number of carbonyl (C=O) groups excluding carboxylic acids is 1. The van der Waals surface area contributed by atoms with E-state index in [1.807, 2.05) is 0 Å². The molecule has 0 spiro atoms. The first-order chi connectivity index (χ1) is 14.3. The number of hydrogen-bond acceptors (Lipinski definition) is 5. The smallest absolute Gasteiger partial charge is 0.332 e. The van der Waals surface area contributed by atoms with Gasteiger partial charge in [0.15, 0.2) is 16.9 Å². The first-order valence-electron chi connectivity index (χ1n) is 9.98. The third-order valence-corrected chi connectivity index (χ3v) is 6.11. The molecule has 0 saturated carbocycles. The van der Waals surface area contributed by atoms with Gasteiger partial charge in [-0.25, -0.2) is 4.79 Å². The quantitative estimate of drug-likeness (QED) is 0.594. The second-order valence-corrected chi connectivity index (χ2v) is 8.41. The van der Waals surface area contributed by atoms with E-state index >= 15 is 0 Å². The second kappa shape index (κ2) is 7.75. The van der Waals surface area contributed by atoms with E-state index in [1.165, 1.54) is 11.6 Å². The lowest BCUT2D eigenvalue weighted by atomic mass is 10.00. The lowest BCUT2D eigenvalue weighted by Gasteiger charge is -2.31. The van der Waals surface area contributed by atoms with Gasteiger partial charge in [-0.3, -0.25) is 23.3 Å². The Bertz CT molecular complexity index is 1230. The van der Waals surface area contributed by atoms with Gasteiger partial charge in [0, 0.05) is 37.8 Å². The van der Waals surface area contributed by atoms with E-state index in [4.69, 9.17) is 11.6 Å². The fraction of sp³-hybridized carbons (Fsp3) is 0.429. The number of ketones is 1. The summed E-state index contributed by atoms with van der Waals surface area (Å²) in [6, 6.07) is 6.66. The molecule has 0 aliphatic carbocycles. The Hall–Kier alpha value is -2.87. The summed E-state index contributed by atoms with van der Waals surface area (Å²) in [5.41, 5.74) is 0.151. The topological polar surface area (TPSA) is 82.1 Å². The molecule has 1 aromatic carbocycles. The van der Waals surface area contributed by atoms with Gasteiger partial charge in [-0.1, -0.05) is 18.5 Å². The van der Waals surface area contributed by atoms with Gasteiger partial charge >= 0.3 is 5.69 Å². The fourth-order valence-corrected chi connectivity index (χ4v) is 4.03. The number of hydrogen-bond donors (Lipinski definition) is 0. The van der Waals surface area contributed by atoms with Crippen LogP contribution in [-0.2, 0) is 20.6 Å². The van der Waals surface area contributed by atoms with Crippen molar-refractivity contribution in [2.24, 2.45) is 20.0 Å². The molecule has 158 valence electrons. The molecule has 0 unspecified atom stereocenters. The van der Waals surface area contributed by atoms with Crippen molar-refractivity contribution < 1.29 is 4.79 Å². The number of anilines is 1. The average molecular weight is 430 g/mol. The standard InChI is InChI=1S/C21H24ClN5O3/c1-13-8-10-26(11-9-13)20-23-18-17(19(29)25(3)21(30)24(18)2)27(20)12-16(28)14-4-6-15(22)7-5-14/h4-7,13H,8-12H2,1-3H3. The van der Waals surface area contributed by atoms with Gasteiger partial charge in [0.25, 0.3) is 5.56 Å². The zero-order chi connectivity index (χ0) is 21.6. The van der Waals surface area contributed by atoms with Crippen LogP contribution in [0.15, 0.2) is 33.9 Å². The maximum Gasteiger partial charge on any atom is 0.332 e. The van der Waals surface area contributed by atoms with Crippen molar-refractivity contribution in [3.8, 4) is 0 Å². The lowest BCUT2D eigenvalue weighted by Crippen LogP contribution is -2.38. The van der Waals surface area contributed by atoms with Crippen LogP contribution in [0.25, 0.3) is 11.2 Å². The maximum atomic E-state index is 13.0. The molecule has 1 fully saturated rings. The van der Waals surface area contributed by atoms with E-state index in [0.29, 0.717) is 28.1 Å². The highest BCUT2D eigenvalue weighted by molar-refractivity contribution is 6.30. The summed E-state index contributed by atoms with van der Waals surface area (Å²) in [5, 5.41) is 0.548. The molecular formula is C21H24ClN5O3. The van der Waals surface area contributed by atoms with Gasteiger partial charge < -0.3 is 4.90 Å². The predicted octanol–water partition coefficient (Wildman–Crippen LogP) is 2.21. The summed E-state index contributed by atoms with van der Waals surface area (Å²) in [6.45, 7) is 3.73. The van der Waals surface area contributed by atoms with E-state index in [-0.39, 0.29) is 17.8 Å². The Morgan fingerprint density at radius 2 is 1.73 bits per heavy atom. The second-order valence-electron chi connectivity index (χ2n) is 7.98. The van der Waals surface area contributed by atoms with Crippen LogP contribution in [0, 0.1) is 5.92 Å². The maximum absolute atomic E-state index is 13.0. The van der Waals surface area contributed by atoms with Crippen molar-refractivity contribution in [2.45, 2.75) is 26.3 Å². The van der Waals surface area contributed by atoms with Gasteiger partial charge in [0.2, 0.25) is 5.95 Å². The minimum absolute atomic E-state index is 0.0486. The van der Waals surface area contributed by atoms with Crippen LogP contribution in [0.3, 0.4) is 0 Å². The monoisotopic (exact) mass is 429 g/mol. The molecule has 9 heteroatoms. The molecule has 3 heterocycles. The Labute approximate surface area is 178 Å². The van der Waals surface area contributed by atoms with E-state index in [2.05, 4.69) is 16.8 Å². The van der Waals surface area contributed by atoms with Crippen molar-refractivity contribution in [3.63, 3.8) is 0 Å². The first kappa shape index (κ1) is 20.4. The molecule has 8 nitrogen and oxygen atoms in total. The molecule has 0 radical (unpaired) electrons. The SMILES string of the molecule is CC1CCN(c2nc3c(c(=O)n(C)c(=O)n3C)n2CC(=O)c2ccc(Cl)cc2)CC1. The molecule has 0 amide bonds. The number of aromatic nitrogens is 4. The summed E-state index contributed by atoms with van der Waals surface area (Å²) in [5.74, 6) is 1.01.